The SMILES string of the molecule is Cc1csc(C(C)NC(=O)C2(CN)CCOCC2)n1.Cl.Cl. The van der Waals surface area contributed by atoms with Crippen molar-refractivity contribution in [3.8, 4) is 0 Å². The van der Waals surface area contributed by atoms with E-state index in [9.17, 15) is 4.79 Å². The highest BCUT2D eigenvalue weighted by atomic mass is 35.5. The molecular formula is C13H23Cl2N3O2S. The van der Waals surface area contributed by atoms with Crippen LogP contribution >= 0.6 is 36.2 Å². The molecule has 122 valence electrons. The number of halogens is 2. The van der Waals surface area contributed by atoms with E-state index in [-0.39, 0.29) is 36.8 Å². The van der Waals surface area contributed by atoms with E-state index in [4.69, 9.17) is 10.5 Å². The number of carbonyl (C=O) groups is 1. The van der Waals surface area contributed by atoms with E-state index < -0.39 is 5.41 Å². The Morgan fingerprint density at radius 3 is 2.62 bits per heavy atom. The van der Waals surface area contributed by atoms with Crippen LogP contribution in [-0.2, 0) is 9.53 Å². The van der Waals surface area contributed by atoms with Gasteiger partial charge in [0, 0.05) is 30.8 Å². The molecule has 1 aromatic rings. The Bertz CT molecular complexity index is 450. The predicted molar refractivity (Wildman–Crippen MR) is 89.4 cm³/mol. The zero-order valence-corrected chi connectivity index (χ0v) is 14.7. The zero-order valence-electron chi connectivity index (χ0n) is 12.3. The lowest BCUT2D eigenvalue weighted by Crippen LogP contribution is -2.49. The standard InChI is InChI=1S/C13H21N3O2S.2ClH/c1-9-7-19-11(15-9)10(2)16-12(17)13(8-14)3-5-18-6-4-13;;/h7,10H,3-6,8,14H2,1-2H3,(H,16,17);2*1H. The molecule has 21 heavy (non-hydrogen) atoms. The first-order valence-corrected chi connectivity index (χ1v) is 7.46. The number of amides is 1. The molecule has 5 nitrogen and oxygen atoms in total. The Morgan fingerprint density at radius 1 is 1.52 bits per heavy atom. The average Bonchev–Trinajstić information content (AvgIpc) is 2.86. The van der Waals surface area contributed by atoms with Crippen molar-refractivity contribution in [3.05, 3.63) is 16.1 Å². The van der Waals surface area contributed by atoms with Crippen molar-refractivity contribution in [3.63, 3.8) is 0 Å². The van der Waals surface area contributed by atoms with Gasteiger partial charge in [-0.05, 0) is 26.7 Å². The second-order valence-corrected chi connectivity index (χ2v) is 6.01. The van der Waals surface area contributed by atoms with Gasteiger partial charge in [0.15, 0.2) is 0 Å². The Labute approximate surface area is 141 Å². The minimum Gasteiger partial charge on any atom is -0.381 e. The maximum absolute atomic E-state index is 12.5. The first kappa shape index (κ1) is 20.6. The van der Waals surface area contributed by atoms with Crippen LogP contribution in [0.3, 0.4) is 0 Å². The highest BCUT2D eigenvalue weighted by Crippen LogP contribution is 2.30. The topological polar surface area (TPSA) is 77.2 Å². The Balaban J connectivity index is 0.00000200. The maximum Gasteiger partial charge on any atom is 0.228 e. The number of nitrogens with one attached hydrogen (secondary N) is 1. The lowest BCUT2D eigenvalue weighted by atomic mass is 9.79. The van der Waals surface area contributed by atoms with Gasteiger partial charge in [-0.15, -0.1) is 36.2 Å². The van der Waals surface area contributed by atoms with Crippen molar-refractivity contribution in [2.75, 3.05) is 19.8 Å². The van der Waals surface area contributed by atoms with Gasteiger partial charge >= 0.3 is 0 Å². The Morgan fingerprint density at radius 2 is 2.14 bits per heavy atom. The monoisotopic (exact) mass is 355 g/mol. The fourth-order valence-electron chi connectivity index (χ4n) is 2.27. The number of hydrogen-bond donors (Lipinski definition) is 2. The van der Waals surface area contributed by atoms with Gasteiger partial charge in [-0.3, -0.25) is 4.79 Å². The first-order valence-electron chi connectivity index (χ1n) is 6.58. The van der Waals surface area contributed by atoms with Crippen LogP contribution in [0.2, 0.25) is 0 Å². The molecule has 1 amide bonds. The van der Waals surface area contributed by atoms with Crippen LogP contribution in [0.25, 0.3) is 0 Å². The smallest absolute Gasteiger partial charge is 0.228 e. The third-order valence-electron chi connectivity index (χ3n) is 3.68. The van der Waals surface area contributed by atoms with E-state index >= 15 is 0 Å². The number of ether oxygens (including phenoxy) is 1. The highest BCUT2D eigenvalue weighted by molar-refractivity contribution is 7.09. The molecular weight excluding hydrogens is 333 g/mol. The summed E-state index contributed by atoms with van der Waals surface area (Å²) in [7, 11) is 0. The molecule has 2 heterocycles. The molecule has 0 aromatic carbocycles. The second kappa shape index (κ2) is 8.90. The zero-order chi connectivity index (χ0) is 13.9. The molecule has 0 spiro atoms. The molecule has 8 heteroatoms. The summed E-state index contributed by atoms with van der Waals surface area (Å²) in [5.74, 6) is 0.0265. The molecule has 0 radical (unpaired) electrons. The molecule has 3 N–H and O–H groups in total. The van der Waals surface area contributed by atoms with E-state index in [0.717, 1.165) is 10.7 Å². The van der Waals surface area contributed by atoms with Gasteiger partial charge in [-0.25, -0.2) is 4.98 Å². The Hall–Kier alpha value is -0.400. The number of thiazole rings is 1. The summed E-state index contributed by atoms with van der Waals surface area (Å²) in [6.45, 7) is 5.49. The van der Waals surface area contributed by atoms with Gasteiger partial charge in [0.05, 0.1) is 11.5 Å². The number of aryl methyl sites for hydroxylation is 1. The van der Waals surface area contributed by atoms with Crippen LogP contribution in [-0.4, -0.2) is 30.6 Å². The lowest BCUT2D eigenvalue weighted by molar-refractivity contribution is -0.136. The minimum atomic E-state index is -0.473. The van der Waals surface area contributed by atoms with Gasteiger partial charge in [-0.2, -0.15) is 0 Å². The quantitative estimate of drug-likeness (QED) is 0.867. The molecule has 0 bridgehead atoms. The number of rotatable bonds is 4. The van der Waals surface area contributed by atoms with Crippen LogP contribution in [0.5, 0.6) is 0 Å². The molecule has 1 aliphatic rings. The summed E-state index contributed by atoms with van der Waals surface area (Å²) in [5.41, 5.74) is 6.34. The van der Waals surface area contributed by atoms with Crippen molar-refractivity contribution >= 4 is 42.1 Å². The molecule has 1 fully saturated rings. The van der Waals surface area contributed by atoms with Gasteiger partial charge in [0.2, 0.25) is 5.91 Å². The summed E-state index contributed by atoms with van der Waals surface area (Å²) in [5, 5.41) is 5.97. The van der Waals surface area contributed by atoms with E-state index in [0.29, 0.717) is 32.6 Å². The molecule has 0 aliphatic carbocycles. The number of carbonyl (C=O) groups excluding carboxylic acids is 1. The highest BCUT2D eigenvalue weighted by Gasteiger charge is 2.39. The van der Waals surface area contributed by atoms with Crippen LogP contribution in [0, 0.1) is 12.3 Å². The van der Waals surface area contributed by atoms with Crippen LogP contribution < -0.4 is 11.1 Å². The first-order chi connectivity index (χ1) is 9.07. The molecule has 0 saturated carbocycles. The molecule has 2 rings (SSSR count). The van der Waals surface area contributed by atoms with Crippen molar-refractivity contribution in [2.24, 2.45) is 11.1 Å². The number of nitrogens with two attached hydrogens (primary N) is 1. The van der Waals surface area contributed by atoms with Gasteiger partial charge in [-0.1, -0.05) is 0 Å². The molecule has 1 atom stereocenters. The fraction of sp³-hybridized carbons (Fsp3) is 0.692. The normalized spacial score (nSPS) is 18.0. The van der Waals surface area contributed by atoms with Crippen LogP contribution in [0.1, 0.15) is 36.5 Å². The molecule has 1 unspecified atom stereocenters. The number of nitrogens with zero attached hydrogens (tertiary/aromatic N) is 1. The average molecular weight is 356 g/mol. The molecule has 1 aromatic heterocycles. The van der Waals surface area contributed by atoms with Gasteiger partial charge in [0.1, 0.15) is 5.01 Å². The van der Waals surface area contributed by atoms with Crippen molar-refractivity contribution in [1.29, 1.82) is 0 Å². The number of aromatic nitrogens is 1. The van der Waals surface area contributed by atoms with E-state index in [1.807, 2.05) is 19.2 Å². The summed E-state index contributed by atoms with van der Waals surface area (Å²) in [4.78, 5) is 16.9. The fourth-order valence-corrected chi connectivity index (χ4v) is 3.07. The van der Waals surface area contributed by atoms with E-state index in [1.165, 1.54) is 0 Å². The van der Waals surface area contributed by atoms with Gasteiger partial charge < -0.3 is 15.8 Å². The summed E-state index contributed by atoms with van der Waals surface area (Å²) in [6.07, 6.45) is 1.39. The van der Waals surface area contributed by atoms with E-state index in [1.54, 1.807) is 11.3 Å². The summed E-state index contributed by atoms with van der Waals surface area (Å²) < 4.78 is 5.32. The number of hydrogen-bond acceptors (Lipinski definition) is 5. The lowest BCUT2D eigenvalue weighted by Gasteiger charge is -2.35. The van der Waals surface area contributed by atoms with Crippen LogP contribution in [0.15, 0.2) is 5.38 Å². The Kier molecular flexibility index (Phi) is 8.73. The minimum absolute atomic E-state index is 0. The van der Waals surface area contributed by atoms with Crippen LogP contribution in [0.4, 0.5) is 0 Å². The third-order valence-corrected chi connectivity index (χ3v) is 4.82. The van der Waals surface area contributed by atoms with Crippen molar-refractivity contribution < 1.29 is 9.53 Å². The molecule has 1 aliphatic heterocycles. The largest absolute Gasteiger partial charge is 0.381 e. The van der Waals surface area contributed by atoms with Crippen molar-refractivity contribution in [2.45, 2.75) is 32.7 Å². The van der Waals surface area contributed by atoms with E-state index in [2.05, 4.69) is 10.3 Å². The maximum atomic E-state index is 12.5. The summed E-state index contributed by atoms with van der Waals surface area (Å²) in [6, 6.07) is -0.0718. The predicted octanol–water partition coefficient (Wildman–Crippen LogP) is 2.23. The van der Waals surface area contributed by atoms with Gasteiger partial charge in [0.25, 0.3) is 0 Å². The second-order valence-electron chi connectivity index (χ2n) is 5.12. The third kappa shape index (κ3) is 4.79. The molecule has 1 saturated heterocycles. The van der Waals surface area contributed by atoms with Crippen molar-refractivity contribution in [1.82, 2.24) is 10.3 Å². The summed E-state index contributed by atoms with van der Waals surface area (Å²) >= 11 is 1.57.